The van der Waals surface area contributed by atoms with Gasteiger partial charge in [0.1, 0.15) is 17.4 Å². The van der Waals surface area contributed by atoms with Gasteiger partial charge in [0.2, 0.25) is 5.82 Å². The number of aryl methyl sites for hydroxylation is 2. The minimum Gasteiger partial charge on any atom is -0.494 e. The summed E-state index contributed by atoms with van der Waals surface area (Å²) in [5.74, 6) is 2.45. The minimum absolute atomic E-state index is 0.201. The van der Waals surface area contributed by atoms with Crippen LogP contribution in [-0.2, 0) is 6.42 Å². The number of amides is 1. The Bertz CT molecular complexity index is 1210. The van der Waals surface area contributed by atoms with Crippen LogP contribution in [0.2, 0.25) is 0 Å². The number of aromatic amines is 1. The maximum absolute atomic E-state index is 12.9. The predicted octanol–water partition coefficient (Wildman–Crippen LogP) is 5.79. The van der Waals surface area contributed by atoms with Crippen molar-refractivity contribution >= 4 is 11.7 Å². The number of nitrogens with one attached hydrogen (secondary N) is 2. The van der Waals surface area contributed by atoms with Gasteiger partial charge in [-0.25, -0.2) is 4.98 Å². The van der Waals surface area contributed by atoms with E-state index in [4.69, 9.17) is 4.74 Å². The lowest BCUT2D eigenvalue weighted by molar-refractivity contribution is 0.0641. The summed E-state index contributed by atoms with van der Waals surface area (Å²) < 4.78 is 5.95. The minimum atomic E-state index is -0.695. The van der Waals surface area contributed by atoms with Crippen LogP contribution in [0.15, 0.2) is 30.5 Å². The molecule has 3 N–H and O–H groups in total. The van der Waals surface area contributed by atoms with Crippen molar-refractivity contribution in [2.24, 2.45) is 5.92 Å². The van der Waals surface area contributed by atoms with Gasteiger partial charge in [0.05, 0.1) is 12.2 Å². The number of pyridine rings is 1. The number of hydrogen-bond acceptors (Lipinski definition) is 6. The van der Waals surface area contributed by atoms with Crippen molar-refractivity contribution in [2.45, 2.75) is 84.7 Å². The van der Waals surface area contributed by atoms with E-state index < -0.39 is 5.60 Å². The molecule has 0 atom stereocenters. The maximum atomic E-state index is 12.9. The van der Waals surface area contributed by atoms with Gasteiger partial charge in [-0.1, -0.05) is 38.2 Å². The smallest absolute Gasteiger partial charge is 0.294 e. The van der Waals surface area contributed by atoms with Crippen LogP contribution in [0.4, 0.5) is 5.82 Å². The van der Waals surface area contributed by atoms with E-state index in [1.165, 1.54) is 32.1 Å². The fraction of sp³-hybridized carbons (Fsp3) is 0.517. The number of anilines is 1. The van der Waals surface area contributed by atoms with Crippen molar-refractivity contribution in [1.82, 2.24) is 20.2 Å². The molecule has 0 saturated heterocycles. The Morgan fingerprint density at radius 3 is 2.62 bits per heavy atom. The topological polar surface area (TPSA) is 113 Å². The van der Waals surface area contributed by atoms with Crippen molar-refractivity contribution in [3.8, 4) is 16.9 Å². The number of aromatic nitrogens is 4. The quantitative estimate of drug-likeness (QED) is 0.301. The summed E-state index contributed by atoms with van der Waals surface area (Å²) in [4.78, 5) is 20.4. The number of benzene rings is 1. The third-order valence-electron chi connectivity index (χ3n) is 7.00. The lowest BCUT2D eigenvalue weighted by atomic mass is 9.87. The number of hydrogen-bond donors (Lipinski definition) is 3. The first-order valence-electron chi connectivity index (χ1n) is 13.3. The average molecular weight is 506 g/mol. The molecule has 2 heterocycles. The van der Waals surface area contributed by atoms with Crippen molar-refractivity contribution in [3.05, 3.63) is 53.2 Å². The number of aliphatic hydroxyl groups is 1. The molecule has 0 aliphatic heterocycles. The fourth-order valence-corrected chi connectivity index (χ4v) is 4.89. The Morgan fingerprint density at radius 2 is 1.86 bits per heavy atom. The molecule has 37 heavy (non-hydrogen) atoms. The monoisotopic (exact) mass is 505 g/mol. The second kappa shape index (κ2) is 11.9. The molecular weight excluding hydrogens is 466 g/mol. The van der Waals surface area contributed by atoms with Crippen LogP contribution in [0, 0.1) is 19.8 Å². The van der Waals surface area contributed by atoms with E-state index >= 15 is 0 Å². The van der Waals surface area contributed by atoms with Crippen LogP contribution in [0.3, 0.4) is 0 Å². The molecule has 1 aliphatic rings. The number of rotatable bonds is 10. The highest BCUT2D eigenvalue weighted by Crippen LogP contribution is 2.32. The highest BCUT2D eigenvalue weighted by molar-refractivity contribution is 6.01. The number of carbonyl (C=O) groups is 1. The Hall–Kier alpha value is -3.26. The van der Waals surface area contributed by atoms with Crippen LogP contribution >= 0.6 is 0 Å². The maximum Gasteiger partial charge on any atom is 0.294 e. The highest BCUT2D eigenvalue weighted by Gasteiger charge is 2.19. The Kier molecular flexibility index (Phi) is 8.59. The van der Waals surface area contributed by atoms with Gasteiger partial charge in [-0.2, -0.15) is 0 Å². The zero-order chi connectivity index (χ0) is 26.4. The standard InChI is InChI=1S/C29H39N5O3/c1-19-11-12-22(37-14-8-13-29(3,4)36)16-23(19)24-17-25(30-18-20(24)2)32-28(35)27-31-26(33-34-27)15-21-9-6-5-7-10-21/h11-12,16-18,21,36H,5-10,13-15H2,1-4H3,(H,30,32,35)(H,31,33,34). The largest absolute Gasteiger partial charge is 0.494 e. The third-order valence-corrected chi connectivity index (χ3v) is 7.00. The van der Waals surface area contributed by atoms with E-state index in [-0.39, 0.29) is 11.7 Å². The Labute approximate surface area is 219 Å². The third kappa shape index (κ3) is 7.61. The molecule has 1 saturated carbocycles. The van der Waals surface area contributed by atoms with E-state index in [2.05, 4.69) is 25.5 Å². The molecule has 3 aromatic rings. The molecule has 8 heteroatoms. The Morgan fingerprint density at radius 1 is 1.11 bits per heavy atom. The van der Waals surface area contributed by atoms with Crippen molar-refractivity contribution in [3.63, 3.8) is 0 Å². The highest BCUT2D eigenvalue weighted by atomic mass is 16.5. The molecule has 1 fully saturated rings. The summed E-state index contributed by atoms with van der Waals surface area (Å²) in [6.07, 6.45) is 10.3. The summed E-state index contributed by atoms with van der Waals surface area (Å²) in [5.41, 5.74) is 3.39. The molecule has 8 nitrogen and oxygen atoms in total. The number of nitrogens with zero attached hydrogens (tertiary/aromatic N) is 3. The molecule has 1 aromatic carbocycles. The summed E-state index contributed by atoms with van der Waals surface area (Å²) in [5, 5.41) is 21.0. The van der Waals surface area contributed by atoms with Gasteiger partial charge in [-0.15, -0.1) is 10.2 Å². The van der Waals surface area contributed by atoms with Gasteiger partial charge < -0.3 is 20.1 Å². The molecule has 4 rings (SSSR count). The summed E-state index contributed by atoms with van der Waals surface area (Å²) in [7, 11) is 0. The van der Waals surface area contributed by atoms with Gasteiger partial charge in [-0.3, -0.25) is 4.79 Å². The lowest BCUT2D eigenvalue weighted by Gasteiger charge is -2.19. The summed E-state index contributed by atoms with van der Waals surface area (Å²) in [6, 6.07) is 7.88. The van der Waals surface area contributed by atoms with Gasteiger partial charge >= 0.3 is 0 Å². The molecule has 1 aliphatic carbocycles. The van der Waals surface area contributed by atoms with E-state index in [0.717, 1.165) is 46.7 Å². The van der Waals surface area contributed by atoms with Crippen molar-refractivity contribution < 1.29 is 14.6 Å². The number of carbonyl (C=O) groups excluding carboxylic acids is 1. The van der Waals surface area contributed by atoms with Crippen LogP contribution in [0.25, 0.3) is 11.1 Å². The molecule has 2 aromatic heterocycles. The van der Waals surface area contributed by atoms with E-state index in [0.29, 0.717) is 24.8 Å². The fourth-order valence-electron chi connectivity index (χ4n) is 4.89. The molecule has 198 valence electrons. The summed E-state index contributed by atoms with van der Waals surface area (Å²) >= 11 is 0. The summed E-state index contributed by atoms with van der Waals surface area (Å²) in [6.45, 7) is 8.19. The first kappa shape index (κ1) is 26.8. The SMILES string of the molecule is Cc1ccc(OCCCC(C)(C)O)cc1-c1cc(NC(=O)c2nnc(CC3CCCCC3)[nH]2)ncc1C. The molecule has 0 unspecified atom stereocenters. The zero-order valence-electron chi connectivity index (χ0n) is 22.4. The normalized spacial score (nSPS) is 14.5. The van der Waals surface area contributed by atoms with Gasteiger partial charge in [0.25, 0.3) is 5.91 Å². The van der Waals surface area contributed by atoms with Crippen LogP contribution in [0.5, 0.6) is 5.75 Å². The average Bonchev–Trinajstić information content (AvgIpc) is 3.33. The van der Waals surface area contributed by atoms with E-state index in [1.54, 1.807) is 20.0 Å². The number of H-pyrrole nitrogens is 1. The second-order valence-electron chi connectivity index (χ2n) is 10.9. The second-order valence-corrected chi connectivity index (χ2v) is 10.9. The molecule has 0 bridgehead atoms. The zero-order valence-corrected chi connectivity index (χ0v) is 22.4. The molecule has 0 radical (unpaired) electrons. The first-order chi connectivity index (χ1) is 17.7. The van der Waals surface area contributed by atoms with Crippen molar-refractivity contribution in [1.29, 1.82) is 0 Å². The van der Waals surface area contributed by atoms with E-state index in [1.807, 2.05) is 38.1 Å². The number of ether oxygens (including phenoxy) is 1. The lowest BCUT2D eigenvalue weighted by Crippen LogP contribution is -2.19. The Balaban J connectivity index is 1.43. The molecule has 0 spiro atoms. The van der Waals surface area contributed by atoms with Crippen LogP contribution in [0.1, 0.15) is 86.4 Å². The molecule has 1 amide bonds. The van der Waals surface area contributed by atoms with E-state index in [9.17, 15) is 9.90 Å². The first-order valence-corrected chi connectivity index (χ1v) is 13.3. The van der Waals surface area contributed by atoms with Gasteiger partial charge in [0.15, 0.2) is 0 Å². The predicted molar refractivity (Wildman–Crippen MR) is 145 cm³/mol. The molecular formula is C29H39N5O3. The van der Waals surface area contributed by atoms with Crippen molar-refractivity contribution in [2.75, 3.05) is 11.9 Å². The van der Waals surface area contributed by atoms with Crippen LogP contribution < -0.4 is 10.1 Å². The van der Waals surface area contributed by atoms with Crippen LogP contribution in [-0.4, -0.2) is 43.4 Å². The van der Waals surface area contributed by atoms with Gasteiger partial charge in [0, 0.05) is 12.6 Å². The van der Waals surface area contributed by atoms with Gasteiger partial charge in [-0.05, 0) is 86.9 Å².